The first-order valence-electron chi connectivity index (χ1n) is 8.15. The van der Waals surface area contributed by atoms with E-state index in [-0.39, 0.29) is 12.5 Å². The first-order valence-corrected chi connectivity index (χ1v) is 8.15. The first-order chi connectivity index (χ1) is 11.9. The van der Waals surface area contributed by atoms with Crippen LogP contribution >= 0.6 is 0 Å². The highest BCUT2D eigenvalue weighted by Crippen LogP contribution is 2.21. The van der Waals surface area contributed by atoms with Crippen LogP contribution in [0.2, 0.25) is 0 Å². The normalized spacial score (nSPS) is 10.7. The van der Waals surface area contributed by atoms with Gasteiger partial charge in [0.15, 0.2) is 6.61 Å². The predicted molar refractivity (Wildman–Crippen MR) is 100 cm³/mol. The quantitative estimate of drug-likeness (QED) is 0.660. The fourth-order valence-electron chi connectivity index (χ4n) is 2.67. The molecule has 2 aromatic carbocycles. The molecule has 0 aliphatic carbocycles. The maximum atomic E-state index is 12.0. The van der Waals surface area contributed by atoms with Crippen LogP contribution in [0.5, 0.6) is 0 Å². The Balaban J connectivity index is 1.90. The van der Waals surface area contributed by atoms with Gasteiger partial charge in [-0.25, -0.2) is 4.79 Å². The molecular formula is C21H23NO3. The third-order valence-electron chi connectivity index (χ3n) is 3.87. The van der Waals surface area contributed by atoms with Gasteiger partial charge in [0.05, 0.1) is 0 Å². The van der Waals surface area contributed by atoms with Gasteiger partial charge in [-0.2, -0.15) is 0 Å². The topological polar surface area (TPSA) is 55.4 Å². The largest absolute Gasteiger partial charge is 0.452 e. The summed E-state index contributed by atoms with van der Waals surface area (Å²) >= 11 is 0. The smallest absolute Gasteiger partial charge is 0.331 e. The van der Waals surface area contributed by atoms with E-state index in [1.807, 2.05) is 64.1 Å². The van der Waals surface area contributed by atoms with Crippen molar-refractivity contribution in [2.75, 3.05) is 11.9 Å². The second-order valence-corrected chi connectivity index (χ2v) is 6.12. The molecule has 0 bridgehead atoms. The number of nitrogens with one attached hydrogen (secondary N) is 1. The van der Waals surface area contributed by atoms with E-state index in [0.717, 1.165) is 33.5 Å². The van der Waals surface area contributed by atoms with Crippen molar-refractivity contribution in [2.45, 2.75) is 27.7 Å². The predicted octanol–water partition coefficient (Wildman–Crippen LogP) is 4.12. The average Bonchev–Trinajstić information content (AvgIpc) is 2.55. The lowest BCUT2D eigenvalue weighted by molar-refractivity contribution is -0.142. The first kappa shape index (κ1) is 18.5. The summed E-state index contributed by atoms with van der Waals surface area (Å²) in [6, 6.07) is 11.7. The lowest BCUT2D eigenvalue weighted by Crippen LogP contribution is -2.21. The van der Waals surface area contributed by atoms with Crippen molar-refractivity contribution >= 4 is 23.6 Å². The van der Waals surface area contributed by atoms with E-state index in [1.165, 1.54) is 6.08 Å². The summed E-state index contributed by atoms with van der Waals surface area (Å²) in [5.74, 6) is -0.900. The highest BCUT2D eigenvalue weighted by molar-refractivity contribution is 5.95. The van der Waals surface area contributed by atoms with Crippen LogP contribution in [0.3, 0.4) is 0 Å². The number of carbonyl (C=O) groups excluding carboxylic acids is 2. The van der Waals surface area contributed by atoms with Crippen molar-refractivity contribution < 1.29 is 14.3 Å². The third kappa shape index (κ3) is 5.31. The second-order valence-electron chi connectivity index (χ2n) is 6.12. The number of aryl methyl sites for hydroxylation is 4. The molecule has 0 spiro atoms. The van der Waals surface area contributed by atoms with Gasteiger partial charge in [0.25, 0.3) is 5.91 Å². The Kier molecular flexibility index (Phi) is 6.12. The van der Waals surface area contributed by atoms with Gasteiger partial charge in [0.2, 0.25) is 0 Å². The van der Waals surface area contributed by atoms with E-state index in [1.54, 1.807) is 6.08 Å². The van der Waals surface area contributed by atoms with Crippen LogP contribution in [0.25, 0.3) is 6.08 Å². The minimum absolute atomic E-state index is 0.316. The molecule has 0 atom stereocenters. The Bertz CT molecular complexity index is 799. The van der Waals surface area contributed by atoms with Gasteiger partial charge >= 0.3 is 5.97 Å². The Morgan fingerprint density at radius 1 is 1.00 bits per heavy atom. The van der Waals surface area contributed by atoms with E-state index >= 15 is 0 Å². The zero-order chi connectivity index (χ0) is 18.4. The maximum Gasteiger partial charge on any atom is 0.331 e. The Morgan fingerprint density at radius 2 is 1.64 bits per heavy atom. The molecule has 1 amide bonds. The molecular weight excluding hydrogens is 314 g/mol. The fourth-order valence-corrected chi connectivity index (χ4v) is 2.67. The van der Waals surface area contributed by atoms with Crippen LogP contribution in [-0.2, 0) is 14.3 Å². The number of benzene rings is 2. The van der Waals surface area contributed by atoms with Crippen molar-refractivity contribution in [2.24, 2.45) is 0 Å². The van der Waals surface area contributed by atoms with Crippen LogP contribution in [-0.4, -0.2) is 18.5 Å². The number of hydrogen-bond acceptors (Lipinski definition) is 3. The molecule has 0 aliphatic heterocycles. The molecule has 0 unspecified atom stereocenters. The second kappa shape index (κ2) is 8.29. The lowest BCUT2D eigenvalue weighted by Gasteiger charge is -2.12. The molecule has 25 heavy (non-hydrogen) atoms. The molecule has 0 fully saturated rings. The average molecular weight is 337 g/mol. The van der Waals surface area contributed by atoms with E-state index in [2.05, 4.69) is 5.32 Å². The summed E-state index contributed by atoms with van der Waals surface area (Å²) in [4.78, 5) is 23.8. The maximum absolute atomic E-state index is 12.0. The molecule has 0 radical (unpaired) electrons. The van der Waals surface area contributed by atoms with E-state index in [9.17, 15) is 9.59 Å². The molecule has 0 saturated heterocycles. The van der Waals surface area contributed by atoms with Gasteiger partial charge in [-0.05, 0) is 56.0 Å². The Hall–Kier alpha value is -2.88. The molecule has 0 heterocycles. The van der Waals surface area contributed by atoms with E-state index < -0.39 is 5.97 Å². The molecule has 4 heteroatoms. The van der Waals surface area contributed by atoms with Crippen molar-refractivity contribution in [3.63, 3.8) is 0 Å². The Morgan fingerprint density at radius 3 is 2.28 bits per heavy atom. The van der Waals surface area contributed by atoms with Gasteiger partial charge in [-0.1, -0.05) is 42.0 Å². The molecule has 4 nitrogen and oxygen atoms in total. The summed E-state index contributed by atoms with van der Waals surface area (Å²) in [5.41, 5.74) is 5.88. The summed E-state index contributed by atoms with van der Waals surface area (Å²) in [7, 11) is 0. The molecule has 2 aromatic rings. The monoisotopic (exact) mass is 337 g/mol. The molecule has 0 aromatic heterocycles. The standard InChI is InChI=1S/C21H23NO3/c1-14-11-16(3)21(17(4)12-14)22-19(23)13-25-20(24)10-9-18-8-6-5-7-15(18)2/h5-12H,13H2,1-4H3,(H,22,23)/b10-9+. The minimum Gasteiger partial charge on any atom is -0.452 e. The Labute approximate surface area is 148 Å². The number of amides is 1. The molecule has 1 N–H and O–H groups in total. The summed E-state index contributed by atoms with van der Waals surface area (Å²) in [5, 5.41) is 2.80. The zero-order valence-electron chi connectivity index (χ0n) is 15.1. The van der Waals surface area contributed by atoms with Gasteiger partial charge < -0.3 is 10.1 Å². The van der Waals surface area contributed by atoms with Crippen LogP contribution in [0.4, 0.5) is 5.69 Å². The summed E-state index contributed by atoms with van der Waals surface area (Å²) in [6.07, 6.45) is 3.02. The fraction of sp³-hybridized carbons (Fsp3) is 0.238. The van der Waals surface area contributed by atoms with Crippen molar-refractivity contribution in [3.8, 4) is 0 Å². The van der Waals surface area contributed by atoms with E-state index in [4.69, 9.17) is 4.74 Å². The van der Waals surface area contributed by atoms with Crippen LogP contribution in [0.15, 0.2) is 42.5 Å². The SMILES string of the molecule is Cc1cc(C)c(NC(=O)COC(=O)/C=C/c2ccccc2C)c(C)c1. The zero-order valence-corrected chi connectivity index (χ0v) is 15.1. The van der Waals surface area contributed by atoms with Crippen molar-refractivity contribution in [3.05, 3.63) is 70.3 Å². The number of esters is 1. The van der Waals surface area contributed by atoms with E-state index in [0.29, 0.717) is 0 Å². The number of carbonyl (C=O) groups is 2. The van der Waals surface area contributed by atoms with Crippen molar-refractivity contribution in [1.29, 1.82) is 0 Å². The molecule has 0 saturated carbocycles. The molecule has 0 aliphatic rings. The molecule has 2 rings (SSSR count). The van der Waals surface area contributed by atoms with Gasteiger partial charge in [-0.15, -0.1) is 0 Å². The minimum atomic E-state index is -0.546. The van der Waals surface area contributed by atoms with Crippen LogP contribution < -0.4 is 5.32 Å². The highest BCUT2D eigenvalue weighted by atomic mass is 16.5. The summed E-state index contributed by atoms with van der Waals surface area (Å²) < 4.78 is 5.00. The number of anilines is 1. The van der Waals surface area contributed by atoms with Crippen LogP contribution in [0, 0.1) is 27.7 Å². The number of hydrogen-bond donors (Lipinski definition) is 1. The van der Waals surface area contributed by atoms with Crippen LogP contribution in [0.1, 0.15) is 27.8 Å². The highest BCUT2D eigenvalue weighted by Gasteiger charge is 2.10. The summed E-state index contributed by atoms with van der Waals surface area (Å²) in [6.45, 7) is 7.53. The lowest BCUT2D eigenvalue weighted by atomic mass is 10.1. The van der Waals surface area contributed by atoms with Gasteiger partial charge in [-0.3, -0.25) is 4.79 Å². The van der Waals surface area contributed by atoms with Crippen molar-refractivity contribution in [1.82, 2.24) is 0 Å². The third-order valence-corrected chi connectivity index (χ3v) is 3.87. The van der Waals surface area contributed by atoms with Gasteiger partial charge in [0, 0.05) is 11.8 Å². The molecule has 130 valence electrons. The number of rotatable bonds is 5. The number of ether oxygens (including phenoxy) is 1. The van der Waals surface area contributed by atoms with Gasteiger partial charge in [0.1, 0.15) is 0 Å².